The summed E-state index contributed by atoms with van der Waals surface area (Å²) in [4.78, 5) is 21.0. The third-order valence-electron chi connectivity index (χ3n) is 6.77. The highest BCUT2D eigenvalue weighted by Gasteiger charge is 2.53. The fourth-order valence-electron chi connectivity index (χ4n) is 6.02. The van der Waals surface area contributed by atoms with E-state index in [-0.39, 0.29) is 17.1 Å². The number of aryl methyl sites for hydroxylation is 1. The lowest BCUT2D eigenvalue weighted by Crippen LogP contribution is -2.48. The average molecular weight is 395 g/mol. The molecule has 4 bridgehead atoms. The van der Waals surface area contributed by atoms with Gasteiger partial charge in [-0.1, -0.05) is 11.3 Å². The minimum absolute atomic E-state index is 0.0911. The van der Waals surface area contributed by atoms with Gasteiger partial charge in [-0.25, -0.2) is 9.50 Å². The molecule has 1 N–H and O–H groups in total. The second-order valence-corrected chi connectivity index (χ2v) is 9.78. The molecule has 0 spiro atoms. The maximum Gasteiger partial charge on any atom is 0.297 e. The molecule has 3 heterocycles. The van der Waals surface area contributed by atoms with E-state index in [0.29, 0.717) is 10.9 Å². The topological polar surface area (TPSA) is 98.0 Å². The smallest absolute Gasteiger partial charge is 0.294 e. The van der Waals surface area contributed by atoms with Crippen LogP contribution in [0, 0.1) is 24.7 Å². The number of aromatic nitrogens is 6. The Hall–Kier alpha value is -2.42. The van der Waals surface area contributed by atoms with Crippen molar-refractivity contribution >= 4 is 28.2 Å². The second kappa shape index (κ2) is 5.79. The summed E-state index contributed by atoms with van der Waals surface area (Å²) in [5, 5.41) is 17.5. The normalized spacial score (nSPS) is 30.8. The molecule has 0 unspecified atom stereocenters. The van der Waals surface area contributed by atoms with E-state index in [9.17, 15) is 4.79 Å². The van der Waals surface area contributed by atoms with E-state index in [0.717, 1.165) is 28.5 Å². The highest BCUT2D eigenvalue weighted by atomic mass is 32.1. The van der Waals surface area contributed by atoms with E-state index < -0.39 is 0 Å². The summed E-state index contributed by atoms with van der Waals surface area (Å²) >= 11 is 1.52. The summed E-state index contributed by atoms with van der Waals surface area (Å²) in [7, 11) is 0. The molecular weight excluding hydrogens is 374 g/mol. The van der Waals surface area contributed by atoms with Crippen LogP contribution in [-0.2, 0) is 5.41 Å². The van der Waals surface area contributed by atoms with Crippen LogP contribution in [0.15, 0.2) is 12.3 Å². The summed E-state index contributed by atoms with van der Waals surface area (Å²) < 4.78 is 1.57. The van der Waals surface area contributed by atoms with Crippen molar-refractivity contribution in [1.29, 1.82) is 0 Å². The lowest BCUT2D eigenvalue weighted by atomic mass is 9.50. The van der Waals surface area contributed by atoms with Crippen LogP contribution in [0.1, 0.15) is 59.8 Å². The summed E-state index contributed by atoms with van der Waals surface area (Å²) in [6.45, 7) is 1.90. The van der Waals surface area contributed by atoms with Gasteiger partial charge < -0.3 is 0 Å². The quantitative estimate of drug-likeness (QED) is 0.732. The molecule has 4 saturated carbocycles. The monoisotopic (exact) mass is 395 g/mol. The Morgan fingerprint density at radius 2 is 1.89 bits per heavy atom. The highest BCUT2D eigenvalue weighted by Crippen LogP contribution is 2.61. The van der Waals surface area contributed by atoms with E-state index in [1.807, 2.05) is 13.0 Å². The van der Waals surface area contributed by atoms with Gasteiger partial charge in [0, 0.05) is 17.3 Å². The van der Waals surface area contributed by atoms with Gasteiger partial charge in [-0.3, -0.25) is 10.1 Å². The molecule has 7 rings (SSSR count). The molecule has 0 aliphatic heterocycles. The first kappa shape index (κ1) is 16.5. The number of carbonyl (C=O) groups excluding carboxylic acids is 1. The first-order valence-corrected chi connectivity index (χ1v) is 10.7. The Bertz CT molecular complexity index is 1050. The van der Waals surface area contributed by atoms with Crippen LogP contribution >= 0.6 is 11.3 Å². The van der Waals surface area contributed by atoms with Gasteiger partial charge >= 0.3 is 0 Å². The molecule has 0 radical (unpaired) electrons. The van der Waals surface area contributed by atoms with Crippen LogP contribution < -0.4 is 5.32 Å². The lowest BCUT2D eigenvalue weighted by molar-refractivity contribution is -0.00555. The SMILES string of the molecule is Cc1ccnc2nc(C(=O)Nc3nnc(C45CC6CC(CC(C6)C4)C5)s3)nn12. The van der Waals surface area contributed by atoms with Gasteiger partial charge in [-0.2, -0.15) is 4.98 Å². The minimum atomic E-state index is -0.377. The Balaban J connectivity index is 1.25. The number of rotatable bonds is 3. The number of hydrogen-bond acceptors (Lipinski definition) is 7. The van der Waals surface area contributed by atoms with Crippen molar-refractivity contribution in [1.82, 2.24) is 29.8 Å². The van der Waals surface area contributed by atoms with Crippen LogP contribution in [0.25, 0.3) is 5.78 Å². The zero-order valence-corrected chi connectivity index (χ0v) is 16.4. The molecule has 1 amide bonds. The van der Waals surface area contributed by atoms with Gasteiger partial charge in [0.2, 0.25) is 11.0 Å². The van der Waals surface area contributed by atoms with Gasteiger partial charge in [0.1, 0.15) is 5.01 Å². The van der Waals surface area contributed by atoms with Crippen LogP contribution in [-0.4, -0.2) is 35.7 Å². The highest BCUT2D eigenvalue weighted by molar-refractivity contribution is 7.15. The van der Waals surface area contributed by atoms with Crippen LogP contribution in [0.3, 0.4) is 0 Å². The number of hydrogen-bond donors (Lipinski definition) is 1. The average Bonchev–Trinajstić information content (AvgIpc) is 3.28. The second-order valence-electron chi connectivity index (χ2n) is 8.80. The summed E-state index contributed by atoms with van der Waals surface area (Å²) in [5.74, 6) is 2.69. The van der Waals surface area contributed by atoms with Gasteiger partial charge in [0.05, 0.1) is 0 Å². The number of carbonyl (C=O) groups is 1. The predicted octanol–water partition coefficient (Wildman–Crippen LogP) is 3.00. The summed E-state index contributed by atoms with van der Waals surface area (Å²) in [6, 6.07) is 1.83. The standard InChI is InChI=1S/C19H21N7OS/c1-10-2-3-20-17-21-14(25-26(10)17)15(27)22-18-24-23-16(28-18)19-7-11-4-12(8-19)6-13(5-11)9-19/h2-3,11-13H,4-9H2,1H3,(H,22,24,27). The third-order valence-corrected chi connectivity index (χ3v) is 7.86. The molecular formula is C19H21N7OS. The van der Waals surface area contributed by atoms with Crippen molar-refractivity contribution in [2.75, 3.05) is 5.32 Å². The Kier molecular flexibility index (Phi) is 3.42. The van der Waals surface area contributed by atoms with Crippen molar-refractivity contribution < 1.29 is 4.79 Å². The molecule has 4 fully saturated rings. The molecule has 3 aromatic heterocycles. The van der Waals surface area contributed by atoms with E-state index in [1.165, 1.54) is 49.9 Å². The Morgan fingerprint density at radius 1 is 1.18 bits per heavy atom. The molecule has 0 atom stereocenters. The first-order chi connectivity index (χ1) is 13.6. The molecule has 4 aliphatic rings. The first-order valence-electron chi connectivity index (χ1n) is 9.92. The minimum Gasteiger partial charge on any atom is -0.294 e. The fourth-order valence-corrected chi connectivity index (χ4v) is 6.97. The largest absolute Gasteiger partial charge is 0.297 e. The molecule has 9 heteroatoms. The lowest BCUT2D eigenvalue weighted by Gasteiger charge is -2.55. The van der Waals surface area contributed by atoms with Crippen molar-refractivity contribution in [3.63, 3.8) is 0 Å². The van der Waals surface area contributed by atoms with Crippen LogP contribution in [0.2, 0.25) is 0 Å². The summed E-state index contributed by atoms with van der Waals surface area (Å²) in [5.41, 5.74) is 1.06. The van der Waals surface area contributed by atoms with Crippen molar-refractivity contribution in [3.8, 4) is 0 Å². The van der Waals surface area contributed by atoms with E-state index in [2.05, 4.69) is 30.6 Å². The van der Waals surface area contributed by atoms with Crippen LogP contribution in [0.5, 0.6) is 0 Å². The summed E-state index contributed by atoms with van der Waals surface area (Å²) in [6.07, 6.45) is 9.56. The Morgan fingerprint density at radius 3 is 2.57 bits per heavy atom. The zero-order valence-electron chi connectivity index (χ0n) is 15.6. The predicted molar refractivity (Wildman–Crippen MR) is 103 cm³/mol. The Labute approximate surface area is 165 Å². The van der Waals surface area contributed by atoms with E-state index >= 15 is 0 Å². The maximum atomic E-state index is 12.6. The van der Waals surface area contributed by atoms with Crippen molar-refractivity contribution in [2.45, 2.75) is 50.9 Å². The molecule has 28 heavy (non-hydrogen) atoms. The molecule has 0 aromatic carbocycles. The molecule has 0 saturated heterocycles. The number of amides is 1. The van der Waals surface area contributed by atoms with Gasteiger partial charge in [0.25, 0.3) is 11.7 Å². The molecule has 144 valence electrons. The zero-order chi connectivity index (χ0) is 18.9. The third kappa shape index (κ3) is 2.48. The van der Waals surface area contributed by atoms with E-state index in [1.54, 1.807) is 10.7 Å². The van der Waals surface area contributed by atoms with Gasteiger partial charge in [0.15, 0.2) is 0 Å². The maximum absolute atomic E-state index is 12.6. The number of anilines is 1. The van der Waals surface area contributed by atoms with E-state index in [4.69, 9.17) is 0 Å². The molecule has 3 aromatic rings. The van der Waals surface area contributed by atoms with Gasteiger partial charge in [-0.05, 0) is 69.3 Å². The number of fused-ring (bicyclic) bond motifs is 1. The number of nitrogens with one attached hydrogen (secondary N) is 1. The number of nitrogens with zero attached hydrogens (tertiary/aromatic N) is 6. The van der Waals surface area contributed by atoms with Crippen molar-refractivity contribution in [2.24, 2.45) is 17.8 Å². The molecule has 4 aliphatic carbocycles. The van der Waals surface area contributed by atoms with Crippen LogP contribution in [0.4, 0.5) is 5.13 Å². The fraction of sp³-hybridized carbons (Fsp3) is 0.579. The van der Waals surface area contributed by atoms with Gasteiger partial charge in [-0.15, -0.1) is 15.3 Å². The van der Waals surface area contributed by atoms with Crippen molar-refractivity contribution in [3.05, 3.63) is 28.8 Å². The molecule has 8 nitrogen and oxygen atoms in total.